The zero-order valence-corrected chi connectivity index (χ0v) is 18.6. The topological polar surface area (TPSA) is 88.2 Å². The molecule has 0 saturated heterocycles. The average Bonchev–Trinajstić information content (AvgIpc) is 2.70. The molecule has 0 radical (unpaired) electrons. The third-order valence-corrected chi connectivity index (χ3v) is 5.51. The van der Waals surface area contributed by atoms with Crippen molar-refractivity contribution in [2.45, 2.75) is 38.1 Å². The molecular formula is C22H27N5O2S. The van der Waals surface area contributed by atoms with E-state index in [0.717, 1.165) is 22.7 Å². The van der Waals surface area contributed by atoms with Crippen LogP contribution in [0.25, 0.3) is 0 Å². The molecule has 0 aliphatic rings. The van der Waals surface area contributed by atoms with Gasteiger partial charge in [-0.2, -0.15) is 4.98 Å². The summed E-state index contributed by atoms with van der Waals surface area (Å²) >= 11 is 0. The van der Waals surface area contributed by atoms with E-state index < -0.39 is 11.0 Å². The van der Waals surface area contributed by atoms with Crippen LogP contribution in [0.3, 0.4) is 0 Å². The minimum atomic E-state index is -1.31. The summed E-state index contributed by atoms with van der Waals surface area (Å²) in [6.45, 7) is 7.88. The van der Waals surface area contributed by atoms with Crippen molar-refractivity contribution in [1.29, 1.82) is 0 Å². The van der Waals surface area contributed by atoms with Gasteiger partial charge in [0.2, 0.25) is 5.95 Å². The van der Waals surface area contributed by atoms with Crippen LogP contribution in [-0.4, -0.2) is 26.8 Å². The monoisotopic (exact) mass is 425 g/mol. The molecule has 2 aromatic carbocycles. The van der Waals surface area contributed by atoms with Crippen molar-refractivity contribution in [2.24, 2.45) is 0 Å². The first-order valence-electron chi connectivity index (χ1n) is 9.55. The molecule has 0 bridgehead atoms. The van der Waals surface area contributed by atoms with Gasteiger partial charge in [0, 0.05) is 28.7 Å². The second kappa shape index (κ2) is 9.23. The average molecular weight is 426 g/mol. The number of anilines is 4. The maximum absolute atomic E-state index is 12.6. The molecule has 0 spiro atoms. The Morgan fingerprint density at radius 1 is 1.00 bits per heavy atom. The number of hydrogen-bond donors (Lipinski definition) is 3. The van der Waals surface area contributed by atoms with Crippen molar-refractivity contribution in [3.05, 3.63) is 60.3 Å². The second-order valence-electron chi connectivity index (χ2n) is 7.85. The lowest BCUT2D eigenvalue weighted by molar-refractivity contribution is 0.415. The Kier molecular flexibility index (Phi) is 6.69. The van der Waals surface area contributed by atoms with E-state index in [2.05, 4.69) is 25.3 Å². The van der Waals surface area contributed by atoms with Gasteiger partial charge >= 0.3 is 0 Å². The van der Waals surface area contributed by atoms with Crippen LogP contribution in [0.2, 0.25) is 0 Å². The highest BCUT2D eigenvalue weighted by Crippen LogP contribution is 2.23. The number of hydrogen-bond acceptors (Lipinski definition) is 6. The van der Waals surface area contributed by atoms with E-state index in [0.29, 0.717) is 16.7 Å². The van der Waals surface area contributed by atoms with Crippen LogP contribution >= 0.6 is 0 Å². The number of aromatic nitrogens is 2. The molecule has 1 heterocycles. The number of rotatable bonds is 7. The van der Waals surface area contributed by atoms with Crippen LogP contribution in [0.15, 0.2) is 59.6 Å². The summed E-state index contributed by atoms with van der Waals surface area (Å²) in [5.74, 6) is 1.93. The Balaban J connectivity index is 1.77. The van der Waals surface area contributed by atoms with E-state index in [-0.39, 0.29) is 5.54 Å². The molecule has 0 aliphatic carbocycles. The lowest BCUT2D eigenvalue weighted by Crippen LogP contribution is -2.37. The van der Waals surface area contributed by atoms with Crippen molar-refractivity contribution >= 4 is 34.1 Å². The maximum atomic E-state index is 12.6. The second-order valence-corrected chi connectivity index (χ2v) is 9.07. The van der Waals surface area contributed by atoms with Crippen molar-refractivity contribution in [1.82, 2.24) is 14.7 Å². The molecule has 1 atom stereocenters. The van der Waals surface area contributed by atoms with Gasteiger partial charge < -0.3 is 15.4 Å². The van der Waals surface area contributed by atoms with Gasteiger partial charge in [-0.15, -0.1) is 0 Å². The molecule has 3 rings (SSSR count). The Morgan fingerprint density at radius 2 is 1.73 bits per heavy atom. The first kappa shape index (κ1) is 21.7. The van der Waals surface area contributed by atoms with Crippen LogP contribution < -0.4 is 20.1 Å². The van der Waals surface area contributed by atoms with Gasteiger partial charge in [0.1, 0.15) is 22.6 Å². The van der Waals surface area contributed by atoms with E-state index in [1.807, 2.05) is 76.2 Å². The van der Waals surface area contributed by atoms with E-state index >= 15 is 0 Å². The van der Waals surface area contributed by atoms with Gasteiger partial charge in [0.25, 0.3) is 0 Å². The number of methoxy groups -OCH3 is 1. The van der Waals surface area contributed by atoms with Crippen LogP contribution in [0, 0.1) is 6.92 Å². The summed E-state index contributed by atoms with van der Waals surface area (Å²) in [5, 5.41) is 6.49. The normalized spacial score (nSPS) is 12.3. The van der Waals surface area contributed by atoms with Gasteiger partial charge in [0.05, 0.1) is 12.0 Å². The Morgan fingerprint density at radius 3 is 2.40 bits per heavy atom. The fourth-order valence-electron chi connectivity index (χ4n) is 2.60. The predicted molar refractivity (Wildman–Crippen MR) is 122 cm³/mol. The lowest BCUT2D eigenvalue weighted by Gasteiger charge is -2.19. The summed E-state index contributed by atoms with van der Waals surface area (Å²) in [4.78, 5) is 9.63. The van der Waals surface area contributed by atoms with Gasteiger partial charge in [-0.3, -0.25) is 0 Å². The summed E-state index contributed by atoms with van der Waals surface area (Å²) in [7, 11) is 0.327. The molecule has 0 amide bonds. The molecule has 0 fully saturated rings. The van der Waals surface area contributed by atoms with Crippen LogP contribution in [0.1, 0.15) is 26.3 Å². The highest BCUT2D eigenvalue weighted by atomic mass is 32.2. The first-order valence-corrected chi connectivity index (χ1v) is 10.7. The zero-order valence-electron chi connectivity index (χ0n) is 17.8. The molecule has 1 unspecified atom stereocenters. The molecule has 8 heteroatoms. The largest absolute Gasteiger partial charge is 0.497 e. The lowest BCUT2D eigenvalue weighted by atomic mass is 10.1. The number of nitrogens with one attached hydrogen (secondary N) is 3. The van der Waals surface area contributed by atoms with Crippen molar-refractivity contribution in [2.75, 3.05) is 17.7 Å². The van der Waals surface area contributed by atoms with Gasteiger partial charge in [-0.25, -0.2) is 13.9 Å². The van der Waals surface area contributed by atoms with Crippen molar-refractivity contribution < 1.29 is 8.95 Å². The van der Waals surface area contributed by atoms with Gasteiger partial charge in [-0.1, -0.05) is 6.07 Å². The molecule has 0 saturated carbocycles. The Hall–Kier alpha value is -2.97. The molecule has 7 nitrogen and oxygen atoms in total. The third-order valence-electron chi connectivity index (χ3n) is 4.03. The molecular weight excluding hydrogens is 398 g/mol. The van der Waals surface area contributed by atoms with Crippen molar-refractivity contribution in [3.8, 4) is 5.75 Å². The van der Waals surface area contributed by atoms with Crippen LogP contribution in [0.4, 0.5) is 23.1 Å². The summed E-state index contributed by atoms with van der Waals surface area (Å²) < 4.78 is 20.8. The smallest absolute Gasteiger partial charge is 0.229 e. The molecule has 158 valence electrons. The Labute approximate surface area is 179 Å². The summed E-state index contributed by atoms with van der Waals surface area (Å²) in [6.07, 6.45) is 1.75. The Bertz CT molecular complexity index is 1030. The maximum Gasteiger partial charge on any atom is 0.229 e. The first-order chi connectivity index (χ1) is 14.2. The van der Waals surface area contributed by atoms with Gasteiger partial charge in [0.15, 0.2) is 0 Å². The minimum absolute atomic E-state index is 0.250. The molecule has 30 heavy (non-hydrogen) atoms. The number of nitrogens with zero attached hydrogens (tertiary/aromatic N) is 2. The van der Waals surface area contributed by atoms with Gasteiger partial charge in [-0.05, 0) is 70.2 Å². The zero-order chi connectivity index (χ0) is 21.7. The quantitative estimate of drug-likeness (QED) is 0.509. The predicted octanol–water partition coefficient (Wildman–Crippen LogP) is 4.69. The van der Waals surface area contributed by atoms with E-state index in [4.69, 9.17) is 4.74 Å². The molecule has 3 N–H and O–H groups in total. The number of ether oxygens (including phenoxy) is 1. The molecule has 3 aromatic rings. The van der Waals surface area contributed by atoms with E-state index in [1.54, 1.807) is 13.3 Å². The SMILES string of the molecule is COc1ccc(Nc2ncc(C)c(Nc3cccc(S(=O)NC(C)(C)C)c3)n2)cc1. The minimum Gasteiger partial charge on any atom is -0.497 e. The molecule has 0 aliphatic heterocycles. The summed E-state index contributed by atoms with van der Waals surface area (Å²) in [5.41, 5.74) is 2.30. The molecule has 1 aromatic heterocycles. The highest BCUT2D eigenvalue weighted by Gasteiger charge is 2.15. The van der Waals surface area contributed by atoms with E-state index in [1.165, 1.54) is 0 Å². The summed E-state index contributed by atoms with van der Waals surface area (Å²) in [6, 6.07) is 15.0. The number of benzene rings is 2. The van der Waals surface area contributed by atoms with E-state index in [9.17, 15) is 4.21 Å². The van der Waals surface area contributed by atoms with Crippen molar-refractivity contribution in [3.63, 3.8) is 0 Å². The standard InChI is InChI=1S/C22H27N5O2S/c1-15-14-23-21(25-16-9-11-18(29-5)12-10-16)26-20(15)24-17-7-6-8-19(13-17)30(28)27-22(2,3)4/h6-14,27H,1-5H3,(H2,23,24,25,26). The highest BCUT2D eigenvalue weighted by molar-refractivity contribution is 7.83. The van der Waals surface area contributed by atoms with Crippen LogP contribution in [0.5, 0.6) is 5.75 Å². The third kappa shape index (κ3) is 6.01. The number of aryl methyl sites for hydroxylation is 1. The fraction of sp³-hybridized carbons (Fsp3) is 0.273. The van der Waals surface area contributed by atoms with Crippen LogP contribution in [-0.2, 0) is 11.0 Å². The fourth-order valence-corrected chi connectivity index (χ4v) is 3.71.